The molecule has 0 aromatic rings. The van der Waals surface area contributed by atoms with Gasteiger partial charge < -0.3 is 0 Å². The van der Waals surface area contributed by atoms with Gasteiger partial charge in [0, 0.05) is 0 Å². The smallest absolute Gasteiger partial charge is 0.247 e. The summed E-state index contributed by atoms with van der Waals surface area (Å²) in [5.74, 6) is 0.139. The molecule has 0 aromatic heterocycles. The van der Waals surface area contributed by atoms with Crippen molar-refractivity contribution < 1.29 is 9.90 Å². The second-order valence-corrected chi connectivity index (χ2v) is 5.54. The number of hydrogen-bond donors (Lipinski definition) is 0. The van der Waals surface area contributed by atoms with Crippen LogP contribution in [-0.4, -0.2) is 5.97 Å². The van der Waals surface area contributed by atoms with E-state index in [1.807, 2.05) is 0 Å². The van der Waals surface area contributed by atoms with Crippen LogP contribution in [0.4, 0.5) is 0 Å². The van der Waals surface area contributed by atoms with Gasteiger partial charge in [-0.15, -0.1) is 0 Å². The highest BCUT2D eigenvalue weighted by atomic mass is 16.4. The Balaban J connectivity index is 1.73. The van der Waals surface area contributed by atoms with Gasteiger partial charge in [-0.1, -0.05) is 70.6 Å². The van der Waals surface area contributed by atoms with Gasteiger partial charge in [-0.05, 0) is 12.3 Å². The third-order valence-electron chi connectivity index (χ3n) is 3.97. The maximum absolute atomic E-state index is 10.2. The first kappa shape index (κ1) is 14.5. The zero-order chi connectivity index (χ0) is 12.3. The van der Waals surface area contributed by atoms with Gasteiger partial charge in [-0.3, -0.25) is 0 Å². The van der Waals surface area contributed by atoms with E-state index >= 15 is 0 Å². The van der Waals surface area contributed by atoms with Crippen LogP contribution in [0.15, 0.2) is 0 Å². The molecule has 0 bridgehead atoms. The van der Waals surface area contributed by atoms with E-state index in [2.05, 4.69) is 0 Å². The molecule has 0 atom stereocenters. The first-order valence-electron chi connectivity index (χ1n) is 7.49. The van der Waals surface area contributed by atoms with E-state index in [0.29, 0.717) is 0 Å². The molecule has 0 saturated heterocycles. The number of carbonyl (C=O) groups is 1. The highest BCUT2D eigenvalue weighted by Gasteiger charge is 2.13. The quantitative estimate of drug-likeness (QED) is 0.511. The normalized spacial score (nSPS) is 16.5. The molecule has 0 unspecified atom stereocenters. The third-order valence-corrected chi connectivity index (χ3v) is 3.97. The van der Waals surface area contributed by atoms with Crippen molar-refractivity contribution in [1.82, 2.24) is 0 Å². The van der Waals surface area contributed by atoms with E-state index in [-0.39, 0.29) is 6.42 Å². The van der Waals surface area contributed by atoms with Crippen molar-refractivity contribution in [1.29, 1.82) is 0 Å². The van der Waals surface area contributed by atoms with Crippen LogP contribution in [-0.2, 0) is 9.90 Å². The Bertz CT molecular complexity index is 195. The van der Waals surface area contributed by atoms with Gasteiger partial charge in [-0.25, -0.2) is 9.90 Å². The summed E-state index contributed by atoms with van der Waals surface area (Å²) in [4.78, 5) is 10.2. The molecule has 0 N–H and O–H groups in total. The fourth-order valence-electron chi connectivity index (χ4n) is 2.89. The number of rotatable bonds is 10. The van der Waals surface area contributed by atoms with Gasteiger partial charge in [0.05, 0.1) is 6.42 Å². The number of carbonyl (C=O) groups excluding carboxylic acids is 1. The van der Waals surface area contributed by atoms with E-state index in [9.17, 15) is 9.90 Å². The fraction of sp³-hybridized carbons (Fsp3) is 0.933. The molecule has 2 heteroatoms. The van der Waals surface area contributed by atoms with Crippen molar-refractivity contribution in [3.8, 4) is 0 Å². The summed E-state index contributed by atoms with van der Waals surface area (Å²) in [6.45, 7) is 0. The number of hydrogen-bond acceptors (Lipinski definition) is 1. The zero-order valence-corrected chi connectivity index (χ0v) is 11.1. The summed E-state index contributed by atoms with van der Waals surface area (Å²) in [5, 5.41) is 10.2. The molecule has 1 rings (SSSR count). The van der Waals surface area contributed by atoms with E-state index in [0.717, 1.165) is 18.8 Å². The lowest BCUT2D eigenvalue weighted by Crippen LogP contribution is -1.93. The van der Waals surface area contributed by atoms with Crippen molar-refractivity contribution in [2.45, 2.75) is 83.5 Å². The van der Waals surface area contributed by atoms with Crippen LogP contribution in [0.25, 0.3) is 0 Å². The summed E-state index contributed by atoms with van der Waals surface area (Å²) < 4.78 is 0. The SMILES string of the molecule is [O]C(=O)CCCCCCCCCC1CCCC1. The molecule has 0 aliphatic heterocycles. The van der Waals surface area contributed by atoms with Gasteiger partial charge in [0.25, 0.3) is 0 Å². The minimum atomic E-state index is -0.901. The van der Waals surface area contributed by atoms with Crippen LogP contribution >= 0.6 is 0 Å². The van der Waals surface area contributed by atoms with E-state index in [1.54, 1.807) is 0 Å². The standard InChI is InChI=1S/C15H27O2/c16-15(17)13-7-5-3-1-2-4-6-10-14-11-8-9-12-14/h14H,1-13H2. The maximum Gasteiger partial charge on any atom is 0.355 e. The summed E-state index contributed by atoms with van der Waals surface area (Å²) in [7, 11) is 0. The van der Waals surface area contributed by atoms with Gasteiger partial charge in [0.2, 0.25) is 0 Å². The van der Waals surface area contributed by atoms with Crippen molar-refractivity contribution in [2.24, 2.45) is 5.92 Å². The Hall–Kier alpha value is -0.530. The predicted molar refractivity (Wildman–Crippen MR) is 69.2 cm³/mol. The lowest BCUT2D eigenvalue weighted by Gasteiger charge is -2.07. The Morgan fingerprint density at radius 2 is 1.35 bits per heavy atom. The van der Waals surface area contributed by atoms with E-state index in [4.69, 9.17) is 0 Å². The van der Waals surface area contributed by atoms with E-state index in [1.165, 1.54) is 64.2 Å². The van der Waals surface area contributed by atoms with Crippen LogP contribution in [0.5, 0.6) is 0 Å². The molecule has 17 heavy (non-hydrogen) atoms. The molecule has 0 aromatic carbocycles. The molecule has 1 aliphatic carbocycles. The Morgan fingerprint density at radius 1 is 0.824 bits per heavy atom. The monoisotopic (exact) mass is 239 g/mol. The predicted octanol–water partition coefficient (Wildman–Crippen LogP) is 4.64. The molecule has 0 spiro atoms. The fourth-order valence-corrected chi connectivity index (χ4v) is 2.89. The molecular formula is C15H27O2. The molecule has 1 radical (unpaired) electrons. The van der Waals surface area contributed by atoms with Crippen molar-refractivity contribution in [3.63, 3.8) is 0 Å². The second kappa shape index (κ2) is 9.49. The van der Waals surface area contributed by atoms with Crippen molar-refractivity contribution >= 4 is 5.97 Å². The van der Waals surface area contributed by atoms with E-state index < -0.39 is 5.97 Å². The minimum Gasteiger partial charge on any atom is -0.247 e. The molecule has 1 fully saturated rings. The van der Waals surface area contributed by atoms with Gasteiger partial charge in [0.1, 0.15) is 0 Å². The lowest BCUT2D eigenvalue weighted by atomic mass is 9.99. The Morgan fingerprint density at radius 3 is 1.94 bits per heavy atom. The van der Waals surface area contributed by atoms with Crippen LogP contribution in [0.2, 0.25) is 0 Å². The summed E-state index contributed by atoms with van der Waals surface area (Å²) in [5.41, 5.74) is 0. The molecule has 0 amide bonds. The van der Waals surface area contributed by atoms with Crippen molar-refractivity contribution in [3.05, 3.63) is 0 Å². The Kier molecular flexibility index (Phi) is 8.12. The topological polar surface area (TPSA) is 37.0 Å². The molecular weight excluding hydrogens is 212 g/mol. The summed E-state index contributed by atoms with van der Waals surface area (Å²) in [6, 6.07) is 0. The number of unbranched alkanes of at least 4 members (excludes halogenated alkanes) is 6. The molecule has 1 saturated carbocycles. The molecule has 1 aliphatic rings. The van der Waals surface area contributed by atoms with Crippen LogP contribution < -0.4 is 0 Å². The summed E-state index contributed by atoms with van der Waals surface area (Å²) >= 11 is 0. The maximum atomic E-state index is 10.2. The second-order valence-electron chi connectivity index (χ2n) is 5.54. The average Bonchev–Trinajstić information content (AvgIpc) is 2.79. The van der Waals surface area contributed by atoms with Gasteiger partial charge >= 0.3 is 5.97 Å². The molecule has 2 nitrogen and oxygen atoms in total. The lowest BCUT2D eigenvalue weighted by molar-refractivity contribution is -0.143. The minimum absolute atomic E-state index is 0.238. The third kappa shape index (κ3) is 8.23. The highest BCUT2D eigenvalue weighted by Crippen LogP contribution is 2.29. The highest BCUT2D eigenvalue weighted by molar-refractivity contribution is 5.66. The Labute approximate surface area is 106 Å². The molecule has 0 heterocycles. The van der Waals surface area contributed by atoms with Crippen LogP contribution in [0.3, 0.4) is 0 Å². The van der Waals surface area contributed by atoms with Gasteiger partial charge in [-0.2, -0.15) is 0 Å². The largest absolute Gasteiger partial charge is 0.355 e. The zero-order valence-electron chi connectivity index (χ0n) is 11.1. The first-order valence-corrected chi connectivity index (χ1v) is 7.49. The van der Waals surface area contributed by atoms with Crippen LogP contribution in [0, 0.1) is 5.92 Å². The molecule has 99 valence electrons. The van der Waals surface area contributed by atoms with Gasteiger partial charge in [0.15, 0.2) is 0 Å². The summed E-state index contributed by atoms with van der Waals surface area (Å²) in [6.07, 6.45) is 16.0. The first-order chi connectivity index (χ1) is 8.29. The average molecular weight is 239 g/mol. The van der Waals surface area contributed by atoms with Crippen molar-refractivity contribution in [2.75, 3.05) is 0 Å². The van der Waals surface area contributed by atoms with Crippen LogP contribution in [0.1, 0.15) is 83.5 Å².